The molecule has 4 rings (SSSR count). The molecular formula is C24H30FN3O5S. The summed E-state index contributed by atoms with van der Waals surface area (Å²) in [6.45, 7) is 5.88. The third kappa shape index (κ3) is 5.64. The second kappa shape index (κ2) is 10.9. The standard InChI is InChI=1S/C24H30FN3O5S/c1-18-2-4-19(5-3-18)22(27-8-12-32-13-9-27)17-26-24(29)20-6-7-21(25)23(16-20)34(30,31)28-10-14-33-15-11-28/h2-7,16,22H,8-15,17H2,1H3,(H,26,29). The van der Waals surface area contributed by atoms with Crippen LogP contribution in [0.25, 0.3) is 0 Å². The van der Waals surface area contributed by atoms with Crippen molar-refractivity contribution >= 4 is 15.9 Å². The number of carbonyl (C=O) groups is 1. The monoisotopic (exact) mass is 491 g/mol. The third-order valence-corrected chi connectivity index (χ3v) is 8.10. The van der Waals surface area contributed by atoms with Crippen LogP contribution in [0.3, 0.4) is 0 Å². The molecule has 1 amide bonds. The fourth-order valence-corrected chi connectivity index (χ4v) is 5.69. The van der Waals surface area contributed by atoms with Gasteiger partial charge in [0.25, 0.3) is 5.91 Å². The Morgan fingerprint density at radius 3 is 2.26 bits per heavy atom. The molecule has 0 saturated carbocycles. The van der Waals surface area contributed by atoms with Crippen molar-refractivity contribution in [3.63, 3.8) is 0 Å². The first-order valence-electron chi connectivity index (χ1n) is 11.4. The number of morpholine rings is 2. The summed E-state index contributed by atoms with van der Waals surface area (Å²) in [4.78, 5) is 14.7. The van der Waals surface area contributed by atoms with Gasteiger partial charge in [0.15, 0.2) is 0 Å². The van der Waals surface area contributed by atoms with Crippen molar-refractivity contribution in [1.29, 1.82) is 0 Å². The van der Waals surface area contributed by atoms with Gasteiger partial charge in [0.05, 0.1) is 32.5 Å². The van der Waals surface area contributed by atoms with Crippen molar-refractivity contribution in [2.45, 2.75) is 17.9 Å². The maximum absolute atomic E-state index is 14.5. The minimum absolute atomic E-state index is 0.0644. The molecule has 0 aromatic heterocycles. The highest BCUT2D eigenvalue weighted by molar-refractivity contribution is 7.89. The summed E-state index contributed by atoms with van der Waals surface area (Å²) < 4.78 is 52.3. The zero-order valence-corrected chi connectivity index (χ0v) is 20.0. The lowest BCUT2D eigenvalue weighted by Crippen LogP contribution is -2.44. The van der Waals surface area contributed by atoms with Crippen LogP contribution in [-0.4, -0.2) is 82.7 Å². The predicted molar refractivity (Wildman–Crippen MR) is 125 cm³/mol. The van der Waals surface area contributed by atoms with Crippen molar-refractivity contribution in [3.05, 3.63) is 65.0 Å². The summed E-state index contributed by atoms with van der Waals surface area (Å²) in [5, 5.41) is 2.91. The molecule has 184 valence electrons. The quantitative estimate of drug-likeness (QED) is 0.637. The van der Waals surface area contributed by atoms with Crippen LogP contribution >= 0.6 is 0 Å². The first kappa shape index (κ1) is 24.7. The number of hydrogen-bond acceptors (Lipinski definition) is 6. The highest BCUT2D eigenvalue weighted by Gasteiger charge is 2.30. The molecule has 2 aliphatic heterocycles. The number of hydrogen-bond donors (Lipinski definition) is 1. The topological polar surface area (TPSA) is 88.2 Å². The van der Waals surface area contributed by atoms with Crippen LogP contribution in [0, 0.1) is 12.7 Å². The van der Waals surface area contributed by atoms with E-state index in [1.54, 1.807) is 0 Å². The van der Waals surface area contributed by atoms with E-state index >= 15 is 0 Å². The molecule has 34 heavy (non-hydrogen) atoms. The number of ether oxygens (including phenoxy) is 2. The second-order valence-corrected chi connectivity index (χ2v) is 10.4. The Balaban J connectivity index is 1.51. The summed E-state index contributed by atoms with van der Waals surface area (Å²) in [7, 11) is -4.07. The number of benzene rings is 2. The number of rotatable bonds is 7. The maximum Gasteiger partial charge on any atom is 0.251 e. The van der Waals surface area contributed by atoms with E-state index in [4.69, 9.17) is 9.47 Å². The molecular weight excluding hydrogens is 461 g/mol. The van der Waals surface area contributed by atoms with E-state index in [-0.39, 0.29) is 37.9 Å². The molecule has 1 atom stereocenters. The molecule has 8 nitrogen and oxygen atoms in total. The molecule has 2 saturated heterocycles. The average Bonchev–Trinajstić information content (AvgIpc) is 2.86. The molecule has 2 heterocycles. The molecule has 10 heteroatoms. The van der Waals surface area contributed by atoms with Gasteiger partial charge >= 0.3 is 0 Å². The van der Waals surface area contributed by atoms with Gasteiger partial charge < -0.3 is 14.8 Å². The number of nitrogens with zero attached hydrogens (tertiary/aromatic N) is 2. The zero-order valence-electron chi connectivity index (χ0n) is 19.2. The van der Waals surface area contributed by atoms with Crippen LogP contribution in [0.5, 0.6) is 0 Å². The van der Waals surface area contributed by atoms with Crippen molar-refractivity contribution in [3.8, 4) is 0 Å². The molecule has 2 aromatic carbocycles. The largest absolute Gasteiger partial charge is 0.379 e. The Morgan fingerprint density at radius 1 is 1.00 bits per heavy atom. The Bertz CT molecular complexity index is 1100. The van der Waals surface area contributed by atoms with Crippen LogP contribution in [0.4, 0.5) is 4.39 Å². The van der Waals surface area contributed by atoms with Crippen molar-refractivity contribution in [2.24, 2.45) is 0 Å². The van der Waals surface area contributed by atoms with Crippen LogP contribution in [-0.2, 0) is 19.5 Å². The Kier molecular flexibility index (Phi) is 7.95. The number of aryl methyl sites for hydroxylation is 1. The lowest BCUT2D eigenvalue weighted by Gasteiger charge is -2.35. The average molecular weight is 492 g/mol. The van der Waals surface area contributed by atoms with E-state index in [0.29, 0.717) is 19.8 Å². The van der Waals surface area contributed by atoms with E-state index in [0.717, 1.165) is 36.3 Å². The van der Waals surface area contributed by atoms with Crippen molar-refractivity contribution < 1.29 is 27.1 Å². The van der Waals surface area contributed by atoms with Crippen LogP contribution < -0.4 is 5.32 Å². The molecule has 2 aliphatic rings. The lowest BCUT2D eigenvalue weighted by molar-refractivity contribution is 0.0162. The third-order valence-electron chi connectivity index (χ3n) is 6.19. The molecule has 1 N–H and O–H groups in total. The van der Waals surface area contributed by atoms with Gasteiger partial charge in [-0.15, -0.1) is 0 Å². The predicted octanol–water partition coefficient (Wildman–Crippen LogP) is 1.96. The van der Waals surface area contributed by atoms with E-state index in [1.807, 2.05) is 31.2 Å². The molecule has 0 aliphatic carbocycles. The smallest absolute Gasteiger partial charge is 0.251 e. The molecule has 0 radical (unpaired) electrons. The van der Waals surface area contributed by atoms with Gasteiger partial charge in [-0.3, -0.25) is 9.69 Å². The molecule has 0 spiro atoms. The number of halogens is 1. The SMILES string of the molecule is Cc1ccc(C(CNC(=O)c2ccc(F)c(S(=O)(=O)N3CCOCC3)c2)N2CCOCC2)cc1. The molecule has 2 aromatic rings. The van der Waals surface area contributed by atoms with Gasteiger partial charge in [-0.2, -0.15) is 4.31 Å². The first-order valence-corrected chi connectivity index (χ1v) is 12.8. The minimum Gasteiger partial charge on any atom is -0.379 e. The van der Waals surface area contributed by atoms with Gasteiger partial charge in [0, 0.05) is 38.3 Å². The second-order valence-electron chi connectivity index (χ2n) is 8.45. The molecule has 0 bridgehead atoms. The van der Waals surface area contributed by atoms with Gasteiger partial charge in [-0.1, -0.05) is 29.8 Å². The van der Waals surface area contributed by atoms with Gasteiger partial charge in [0.2, 0.25) is 10.0 Å². The van der Waals surface area contributed by atoms with E-state index < -0.39 is 26.6 Å². The van der Waals surface area contributed by atoms with Gasteiger partial charge in [-0.25, -0.2) is 12.8 Å². The number of carbonyl (C=O) groups excluding carboxylic acids is 1. The molecule has 2 fully saturated rings. The van der Waals surface area contributed by atoms with Crippen LogP contribution in [0.1, 0.15) is 27.5 Å². The summed E-state index contributed by atoms with van der Waals surface area (Å²) >= 11 is 0. The summed E-state index contributed by atoms with van der Waals surface area (Å²) in [5.41, 5.74) is 2.31. The Labute approximate surface area is 199 Å². The lowest BCUT2D eigenvalue weighted by atomic mass is 10.0. The number of nitrogens with one attached hydrogen (secondary N) is 1. The van der Waals surface area contributed by atoms with Gasteiger partial charge in [-0.05, 0) is 30.7 Å². The Hall–Kier alpha value is -2.37. The number of sulfonamides is 1. The maximum atomic E-state index is 14.5. The first-order chi connectivity index (χ1) is 16.4. The van der Waals surface area contributed by atoms with Crippen LogP contribution in [0.15, 0.2) is 47.4 Å². The van der Waals surface area contributed by atoms with Gasteiger partial charge in [0.1, 0.15) is 10.7 Å². The van der Waals surface area contributed by atoms with E-state index in [1.165, 1.54) is 10.4 Å². The highest BCUT2D eigenvalue weighted by Crippen LogP contribution is 2.24. The summed E-state index contributed by atoms with van der Waals surface area (Å²) in [6, 6.07) is 11.6. The fourth-order valence-electron chi connectivity index (χ4n) is 4.20. The van der Waals surface area contributed by atoms with E-state index in [2.05, 4.69) is 10.2 Å². The normalized spacial score (nSPS) is 19.0. The molecule has 1 unspecified atom stereocenters. The number of amides is 1. The zero-order chi connectivity index (χ0) is 24.1. The highest BCUT2D eigenvalue weighted by atomic mass is 32.2. The summed E-state index contributed by atoms with van der Waals surface area (Å²) in [6.07, 6.45) is 0. The fraction of sp³-hybridized carbons (Fsp3) is 0.458. The van der Waals surface area contributed by atoms with Crippen LogP contribution in [0.2, 0.25) is 0 Å². The van der Waals surface area contributed by atoms with Crippen molar-refractivity contribution in [2.75, 3.05) is 59.2 Å². The minimum atomic E-state index is -4.07. The Morgan fingerprint density at radius 2 is 1.62 bits per heavy atom. The summed E-state index contributed by atoms with van der Waals surface area (Å²) in [5.74, 6) is -1.34. The van der Waals surface area contributed by atoms with Crippen molar-refractivity contribution in [1.82, 2.24) is 14.5 Å². The van der Waals surface area contributed by atoms with E-state index in [9.17, 15) is 17.6 Å².